The standard InChI is InChI=1S/C22H30N4O3S.HI/c1-17-5-3-6-19(13-17)15-25-22(23-2)24-14-18-8-10-21(11-9-18)30(27,28)26-16-20-7-4-12-29-20;/h3,5-6,8-11,13,20,26H,4,7,12,14-16H2,1-2H3,(H2,23,24,25);1H. The molecule has 1 heterocycles. The van der Waals surface area contributed by atoms with Crippen molar-refractivity contribution in [3.8, 4) is 0 Å². The molecule has 1 unspecified atom stereocenters. The number of nitrogens with zero attached hydrogens (tertiary/aromatic N) is 1. The van der Waals surface area contributed by atoms with Gasteiger partial charge in [0, 0.05) is 33.3 Å². The first-order valence-corrected chi connectivity index (χ1v) is 11.6. The van der Waals surface area contributed by atoms with Crippen molar-refractivity contribution >= 4 is 40.0 Å². The van der Waals surface area contributed by atoms with Crippen LogP contribution in [0.25, 0.3) is 0 Å². The zero-order chi connectivity index (χ0) is 21.4. The topological polar surface area (TPSA) is 91.8 Å². The highest BCUT2D eigenvalue weighted by Crippen LogP contribution is 2.14. The first-order valence-electron chi connectivity index (χ1n) is 10.2. The van der Waals surface area contributed by atoms with Crippen LogP contribution < -0.4 is 15.4 Å². The minimum Gasteiger partial charge on any atom is -0.377 e. The van der Waals surface area contributed by atoms with E-state index in [2.05, 4.69) is 45.5 Å². The SMILES string of the molecule is CN=C(NCc1ccc(S(=O)(=O)NCC2CCCO2)cc1)NCc1cccc(C)c1.I. The molecule has 3 rings (SSSR count). The predicted octanol–water partition coefficient (Wildman–Crippen LogP) is 2.94. The van der Waals surface area contributed by atoms with Crippen LogP contribution in [0.1, 0.15) is 29.5 Å². The molecule has 0 saturated carbocycles. The minimum absolute atomic E-state index is 0. The highest BCUT2D eigenvalue weighted by Gasteiger charge is 2.20. The van der Waals surface area contributed by atoms with Crippen molar-refractivity contribution in [2.24, 2.45) is 4.99 Å². The summed E-state index contributed by atoms with van der Waals surface area (Å²) in [7, 11) is -1.81. The van der Waals surface area contributed by atoms with Gasteiger partial charge in [-0.25, -0.2) is 13.1 Å². The minimum atomic E-state index is -3.53. The molecule has 3 N–H and O–H groups in total. The summed E-state index contributed by atoms with van der Waals surface area (Å²) < 4.78 is 33.0. The summed E-state index contributed by atoms with van der Waals surface area (Å²) in [5.41, 5.74) is 3.37. The fraction of sp³-hybridized carbons (Fsp3) is 0.409. The lowest BCUT2D eigenvalue weighted by Crippen LogP contribution is -2.36. The number of rotatable bonds is 8. The van der Waals surface area contributed by atoms with Crippen LogP contribution in [0.3, 0.4) is 0 Å². The highest BCUT2D eigenvalue weighted by atomic mass is 127. The smallest absolute Gasteiger partial charge is 0.240 e. The average Bonchev–Trinajstić information content (AvgIpc) is 3.27. The second-order valence-corrected chi connectivity index (χ2v) is 9.17. The summed E-state index contributed by atoms with van der Waals surface area (Å²) in [5.74, 6) is 0.687. The molecule has 170 valence electrons. The molecule has 2 aromatic rings. The van der Waals surface area contributed by atoms with Crippen molar-refractivity contribution in [3.63, 3.8) is 0 Å². The van der Waals surface area contributed by atoms with Crippen molar-refractivity contribution in [1.29, 1.82) is 0 Å². The van der Waals surface area contributed by atoms with Gasteiger partial charge >= 0.3 is 0 Å². The van der Waals surface area contributed by atoms with Crippen molar-refractivity contribution in [3.05, 3.63) is 65.2 Å². The van der Waals surface area contributed by atoms with Crippen LogP contribution in [0.15, 0.2) is 58.4 Å². The van der Waals surface area contributed by atoms with Crippen LogP contribution >= 0.6 is 24.0 Å². The average molecular weight is 558 g/mol. The second kappa shape index (κ2) is 12.4. The Bertz CT molecular complexity index is 959. The van der Waals surface area contributed by atoms with Gasteiger partial charge in [0.15, 0.2) is 5.96 Å². The Kier molecular flexibility index (Phi) is 10.2. The molecule has 1 aliphatic rings. The lowest BCUT2D eigenvalue weighted by atomic mass is 10.1. The van der Waals surface area contributed by atoms with Crippen molar-refractivity contribution < 1.29 is 13.2 Å². The first kappa shape index (κ1) is 25.6. The molecule has 0 aromatic heterocycles. The van der Waals surface area contributed by atoms with Crippen LogP contribution in [-0.2, 0) is 27.8 Å². The number of ether oxygens (including phenoxy) is 1. The van der Waals surface area contributed by atoms with Gasteiger partial charge in [-0.1, -0.05) is 42.0 Å². The normalized spacial score (nSPS) is 16.6. The molecule has 1 fully saturated rings. The number of aliphatic imine (C=N–C) groups is 1. The molecule has 1 aliphatic heterocycles. The highest BCUT2D eigenvalue weighted by molar-refractivity contribution is 14.0. The van der Waals surface area contributed by atoms with Crippen LogP contribution in [0.4, 0.5) is 0 Å². The maximum Gasteiger partial charge on any atom is 0.240 e. The van der Waals surface area contributed by atoms with Crippen LogP contribution in [0.2, 0.25) is 0 Å². The monoisotopic (exact) mass is 558 g/mol. The van der Waals surface area contributed by atoms with E-state index in [1.165, 1.54) is 11.1 Å². The van der Waals surface area contributed by atoms with Gasteiger partial charge in [-0.15, -0.1) is 24.0 Å². The fourth-order valence-electron chi connectivity index (χ4n) is 3.29. The number of hydrogen-bond acceptors (Lipinski definition) is 4. The number of aryl methyl sites for hydroxylation is 1. The third-order valence-corrected chi connectivity index (χ3v) is 6.42. The van der Waals surface area contributed by atoms with Crippen LogP contribution in [0.5, 0.6) is 0 Å². The molecular weight excluding hydrogens is 527 g/mol. The molecule has 1 atom stereocenters. The van der Waals surface area contributed by atoms with Gasteiger partial charge in [0.25, 0.3) is 0 Å². The van der Waals surface area contributed by atoms with E-state index in [0.717, 1.165) is 18.4 Å². The van der Waals surface area contributed by atoms with Gasteiger partial charge in [-0.2, -0.15) is 0 Å². The predicted molar refractivity (Wildman–Crippen MR) is 134 cm³/mol. The van der Waals surface area contributed by atoms with Gasteiger partial charge in [0.1, 0.15) is 0 Å². The maximum absolute atomic E-state index is 12.4. The van der Waals surface area contributed by atoms with Gasteiger partial charge in [0.2, 0.25) is 10.0 Å². The summed E-state index contributed by atoms with van der Waals surface area (Å²) in [4.78, 5) is 4.49. The summed E-state index contributed by atoms with van der Waals surface area (Å²) >= 11 is 0. The third kappa shape index (κ3) is 8.06. The van der Waals surface area contributed by atoms with E-state index >= 15 is 0 Å². The van der Waals surface area contributed by atoms with E-state index in [1.807, 2.05) is 18.2 Å². The van der Waals surface area contributed by atoms with Crippen molar-refractivity contribution in [2.45, 2.75) is 43.9 Å². The number of guanidine groups is 1. The van der Waals surface area contributed by atoms with Crippen LogP contribution in [0, 0.1) is 6.92 Å². The second-order valence-electron chi connectivity index (χ2n) is 7.40. The quantitative estimate of drug-likeness (QED) is 0.264. The number of halogens is 1. The molecule has 0 radical (unpaired) electrons. The van der Waals surface area contributed by atoms with Crippen LogP contribution in [-0.4, -0.2) is 40.7 Å². The fourth-order valence-corrected chi connectivity index (χ4v) is 4.36. The first-order chi connectivity index (χ1) is 14.5. The van der Waals surface area contributed by atoms with Crippen molar-refractivity contribution in [1.82, 2.24) is 15.4 Å². The van der Waals surface area contributed by atoms with Gasteiger partial charge in [0.05, 0.1) is 11.0 Å². The zero-order valence-electron chi connectivity index (χ0n) is 17.9. The number of sulfonamides is 1. The maximum atomic E-state index is 12.4. The Morgan fingerprint density at radius 3 is 2.42 bits per heavy atom. The van der Waals surface area contributed by atoms with E-state index in [9.17, 15) is 8.42 Å². The zero-order valence-corrected chi connectivity index (χ0v) is 21.1. The molecule has 7 nitrogen and oxygen atoms in total. The summed E-state index contributed by atoms with van der Waals surface area (Å²) in [6.07, 6.45) is 1.85. The van der Waals surface area contributed by atoms with E-state index in [0.29, 0.717) is 32.2 Å². The largest absolute Gasteiger partial charge is 0.377 e. The van der Waals surface area contributed by atoms with E-state index < -0.39 is 10.0 Å². The van der Waals surface area contributed by atoms with Gasteiger partial charge in [-0.05, 0) is 43.0 Å². The Hall–Kier alpha value is -1.69. The summed E-state index contributed by atoms with van der Waals surface area (Å²) in [6, 6.07) is 15.2. The molecule has 0 spiro atoms. The van der Waals surface area contributed by atoms with E-state index in [4.69, 9.17) is 4.74 Å². The Labute approximate surface area is 202 Å². The molecule has 0 amide bonds. The van der Waals surface area contributed by atoms with Gasteiger partial charge < -0.3 is 15.4 Å². The molecule has 31 heavy (non-hydrogen) atoms. The molecule has 0 bridgehead atoms. The Morgan fingerprint density at radius 2 is 1.81 bits per heavy atom. The summed E-state index contributed by atoms with van der Waals surface area (Å²) in [5, 5.41) is 6.53. The number of hydrogen-bond donors (Lipinski definition) is 3. The number of benzene rings is 2. The lowest BCUT2D eigenvalue weighted by molar-refractivity contribution is 0.114. The lowest BCUT2D eigenvalue weighted by Gasteiger charge is -2.13. The molecule has 1 saturated heterocycles. The van der Waals surface area contributed by atoms with Gasteiger partial charge in [-0.3, -0.25) is 4.99 Å². The summed E-state index contributed by atoms with van der Waals surface area (Å²) in [6.45, 7) is 4.30. The van der Waals surface area contributed by atoms with Crippen molar-refractivity contribution in [2.75, 3.05) is 20.2 Å². The molecule has 2 aromatic carbocycles. The Balaban J connectivity index is 0.00000341. The molecule has 0 aliphatic carbocycles. The number of nitrogens with one attached hydrogen (secondary N) is 3. The van der Waals surface area contributed by atoms with E-state index in [-0.39, 0.29) is 35.0 Å². The third-order valence-electron chi connectivity index (χ3n) is 4.98. The Morgan fingerprint density at radius 1 is 1.10 bits per heavy atom. The van der Waals surface area contributed by atoms with E-state index in [1.54, 1.807) is 19.2 Å². The molecular formula is C22H31IN4O3S. The molecule has 9 heteroatoms.